The first-order chi connectivity index (χ1) is 25.9. The Morgan fingerprint density at radius 3 is 2.30 bits per heavy atom. The largest absolute Gasteiger partial charge is 0.508 e. The van der Waals surface area contributed by atoms with E-state index in [4.69, 9.17) is 0 Å². The van der Waals surface area contributed by atoms with Gasteiger partial charge in [0.25, 0.3) is 5.91 Å². The number of likely N-dealkylation sites (tertiary alicyclic amines) is 1. The van der Waals surface area contributed by atoms with Crippen LogP contribution in [0.5, 0.6) is 5.75 Å². The number of amides is 2. The van der Waals surface area contributed by atoms with Crippen molar-refractivity contribution in [3.63, 3.8) is 0 Å². The number of allylic oxidation sites excluding steroid dienone is 1. The number of aromatic nitrogens is 1. The Balaban J connectivity index is 0.818. The number of aryl methyl sites for hydroxylation is 1. The van der Waals surface area contributed by atoms with Crippen molar-refractivity contribution in [2.45, 2.75) is 75.2 Å². The number of aromatic hydroxyl groups is 1. The maximum absolute atomic E-state index is 12.7. The third-order valence-corrected chi connectivity index (χ3v) is 12.3. The average Bonchev–Trinajstić information content (AvgIpc) is 3.19. The van der Waals surface area contributed by atoms with Gasteiger partial charge in [-0.3, -0.25) is 14.6 Å². The number of phenols is 1. The molecule has 274 valence electrons. The van der Waals surface area contributed by atoms with E-state index in [1.165, 1.54) is 46.3 Å². The molecule has 3 fully saturated rings. The van der Waals surface area contributed by atoms with Crippen LogP contribution in [0.1, 0.15) is 101 Å². The molecule has 0 radical (unpaired) electrons. The van der Waals surface area contributed by atoms with Crippen molar-refractivity contribution in [3.05, 3.63) is 137 Å². The normalized spacial score (nSPS) is 22.9. The fraction of sp³-hybridized carbons (Fsp3) is 0.400. The minimum absolute atomic E-state index is 0.211. The molecule has 8 rings (SSSR count). The number of rotatable bonds is 8. The van der Waals surface area contributed by atoms with Crippen molar-refractivity contribution in [3.8, 4) is 5.75 Å². The number of nitrogens with one attached hydrogen (secondary N) is 2. The Labute approximate surface area is 313 Å². The molecule has 1 aliphatic carbocycles. The van der Waals surface area contributed by atoms with E-state index < -0.39 is 6.04 Å². The zero-order valence-electron chi connectivity index (χ0n) is 30.6. The average molecular weight is 710 g/mol. The van der Waals surface area contributed by atoms with Crippen LogP contribution < -0.4 is 15.5 Å². The zero-order valence-corrected chi connectivity index (χ0v) is 30.6. The second-order valence-electron chi connectivity index (χ2n) is 15.6. The van der Waals surface area contributed by atoms with Crippen LogP contribution in [0.2, 0.25) is 0 Å². The molecule has 3 aliphatic heterocycles. The molecule has 8 nitrogen and oxygen atoms in total. The second-order valence-corrected chi connectivity index (χ2v) is 15.6. The number of carbonyl (C=O) groups is 2. The van der Waals surface area contributed by atoms with Crippen LogP contribution in [0.15, 0.2) is 103 Å². The Morgan fingerprint density at radius 2 is 1.58 bits per heavy atom. The van der Waals surface area contributed by atoms with E-state index in [0.29, 0.717) is 47.7 Å². The van der Waals surface area contributed by atoms with E-state index in [9.17, 15) is 14.7 Å². The highest BCUT2D eigenvalue weighted by Gasteiger charge is 2.33. The van der Waals surface area contributed by atoms with Gasteiger partial charge in [-0.05, 0) is 140 Å². The zero-order chi connectivity index (χ0) is 36.3. The Kier molecular flexibility index (Phi) is 10.3. The van der Waals surface area contributed by atoms with Crippen molar-refractivity contribution in [1.29, 1.82) is 0 Å². The monoisotopic (exact) mass is 709 g/mol. The van der Waals surface area contributed by atoms with Crippen molar-refractivity contribution < 1.29 is 14.7 Å². The predicted octanol–water partition coefficient (Wildman–Crippen LogP) is 7.27. The Hall–Kier alpha value is -4.95. The van der Waals surface area contributed by atoms with Crippen LogP contribution in [0.25, 0.3) is 0 Å². The summed E-state index contributed by atoms with van der Waals surface area (Å²) in [5.41, 5.74) is 8.89. The molecule has 1 aromatic heterocycles. The fourth-order valence-electron chi connectivity index (χ4n) is 9.28. The topological polar surface area (TPSA) is 97.8 Å². The number of hydrogen-bond donors (Lipinski definition) is 3. The molecular formula is C45H51N5O3. The van der Waals surface area contributed by atoms with Crippen LogP contribution in [0.3, 0.4) is 0 Å². The quantitative estimate of drug-likeness (QED) is 0.178. The molecule has 0 bridgehead atoms. The first-order valence-corrected chi connectivity index (χ1v) is 19.6. The van der Waals surface area contributed by atoms with E-state index in [1.54, 1.807) is 6.07 Å². The van der Waals surface area contributed by atoms with Gasteiger partial charge in [-0.25, -0.2) is 0 Å². The van der Waals surface area contributed by atoms with Gasteiger partial charge >= 0.3 is 0 Å². The summed E-state index contributed by atoms with van der Waals surface area (Å²) in [4.78, 5) is 34.6. The molecule has 3 aromatic carbocycles. The predicted molar refractivity (Wildman–Crippen MR) is 209 cm³/mol. The van der Waals surface area contributed by atoms with Gasteiger partial charge in [0.05, 0.1) is 0 Å². The lowest BCUT2D eigenvalue weighted by Gasteiger charge is -2.38. The lowest BCUT2D eigenvalue weighted by atomic mass is 9.69. The number of fused-ring (bicyclic) bond motifs is 1. The van der Waals surface area contributed by atoms with Crippen LogP contribution >= 0.6 is 0 Å². The first-order valence-electron chi connectivity index (χ1n) is 19.6. The summed E-state index contributed by atoms with van der Waals surface area (Å²) in [7, 11) is 0. The van der Waals surface area contributed by atoms with Crippen LogP contribution in [0, 0.1) is 5.92 Å². The Morgan fingerprint density at radius 1 is 0.830 bits per heavy atom. The van der Waals surface area contributed by atoms with Crippen LogP contribution in [-0.2, 0) is 11.2 Å². The minimum Gasteiger partial charge on any atom is -0.508 e. The van der Waals surface area contributed by atoms with Gasteiger partial charge in [-0.1, -0.05) is 61.2 Å². The van der Waals surface area contributed by atoms with Crippen molar-refractivity contribution in [2.75, 3.05) is 37.6 Å². The summed E-state index contributed by atoms with van der Waals surface area (Å²) in [5.74, 6) is 1.68. The van der Waals surface area contributed by atoms with Gasteiger partial charge in [0.1, 0.15) is 17.5 Å². The summed E-state index contributed by atoms with van der Waals surface area (Å²) in [6.45, 7) is 9.31. The molecule has 4 aromatic rings. The summed E-state index contributed by atoms with van der Waals surface area (Å²) >= 11 is 0. The summed E-state index contributed by atoms with van der Waals surface area (Å²) in [5, 5.41) is 15.7. The van der Waals surface area contributed by atoms with E-state index >= 15 is 0 Å². The summed E-state index contributed by atoms with van der Waals surface area (Å²) in [6.07, 6.45) is 9.75. The molecule has 1 unspecified atom stereocenters. The van der Waals surface area contributed by atoms with E-state index in [1.807, 2.05) is 24.4 Å². The maximum Gasteiger partial charge on any atom is 0.270 e. The lowest BCUT2D eigenvalue weighted by molar-refractivity contribution is -0.123. The molecular weight excluding hydrogens is 659 g/mol. The number of hydrogen-bond acceptors (Lipinski definition) is 6. The fourth-order valence-corrected chi connectivity index (χ4v) is 9.28. The highest BCUT2D eigenvalue weighted by Crippen LogP contribution is 2.47. The van der Waals surface area contributed by atoms with Gasteiger partial charge in [0.2, 0.25) is 5.91 Å². The third kappa shape index (κ3) is 7.88. The molecule has 3 atom stereocenters. The number of phenolic OH excluding ortho intramolecular Hbond substituents is 1. The Bertz CT molecular complexity index is 1910. The number of anilines is 1. The molecule has 2 amide bonds. The molecule has 8 heteroatoms. The second kappa shape index (κ2) is 15.6. The minimum atomic E-state index is -0.547. The van der Waals surface area contributed by atoms with E-state index in [-0.39, 0.29) is 17.7 Å². The van der Waals surface area contributed by atoms with Crippen molar-refractivity contribution in [1.82, 2.24) is 20.5 Å². The maximum atomic E-state index is 12.7. The number of pyridine rings is 1. The SMILES string of the molecule is C=C1CCC(NC(=O)c2ccc(C3CCN(CC4CCN(c5ccc([C@@H]6c7ccc(O)cc7CC[C@@H]6c6ccccc6)cc5)CC4)CC3)cn2)C(=O)N1. The summed E-state index contributed by atoms with van der Waals surface area (Å²) in [6, 6.07) is 29.5. The lowest BCUT2D eigenvalue weighted by Crippen LogP contribution is -2.49. The molecule has 0 saturated carbocycles. The number of carbonyl (C=O) groups excluding carboxylic acids is 2. The molecule has 3 saturated heterocycles. The number of piperidine rings is 3. The number of benzene rings is 3. The van der Waals surface area contributed by atoms with Gasteiger partial charge in [0, 0.05) is 43.1 Å². The van der Waals surface area contributed by atoms with Crippen LogP contribution in [-0.4, -0.2) is 65.6 Å². The first kappa shape index (κ1) is 35.1. The molecule has 4 heterocycles. The third-order valence-electron chi connectivity index (χ3n) is 12.3. The molecule has 4 aliphatic rings. The molecule has 53 heavy (non-hydrogen) atoms. The van der Waals surface area contributed by atoms with Crippen molar-refractivity contribution >= 4 is 17.5 Å². The van der Waals surface area contributed by atoms with E-state index in [2.05, 4.69) is 92.7 Å². The molecule has 3 N–H and O–H groups in total. The highest BCUT2D eigenvalue weighted by atomic mass is 16.3. The van der Waals surface area contributed by atoms with E-state index in [0.717, 1.165) is 58.4 Å². The standard InChI is InChI=1S/C45H51N5O3/c1-30-7-17-42(45(53)47-30)48-44(52)41-18-11-36(28-46-41)32-21-23-49(24-22-32)29-31-19-25-50(26-20-31)37-12-8-34(9-13-37)43-39(33-5-3-2-4-6-33)15-10-35-27-38(51)14-16-40(35)43/h2-6,8-9,11-14,16,18,27-28,31-32,39,42-43,51H,1,7,10,15,17,19-26,29H2,(H,47,53)(H,48,52)/t39-,42?,43+/m1/s1. The van der Waals surface area contributed by atoms with Crippen LogP contribution in [0.4, 0.5) is 5.69 Å². The number of nitrogens with zero attached hydrogens (tertiary/aromatic N) is 3. The van der Waals surface area contributed by atoms with Gasteiger partial charge in [0.15, 0.2) is 0 Å². The summed E-state index contributed by atoms with van der Waals surface area (Å²) < 4.78 is 0. The van der Waals surface area contributed by atoms with Gasteiger partial charge in [-0.2, -0.15) is 0 Å². The van der Waals surface area contributed by atoms with Crippen molar-refractivity contribution in [2.24, 2.45) is 5.92 Å². The highest BCUT2D eigenvalue weighted by molar-refractivity contribution is 5.96. The molecule has 0 spiro atoms. The van der Waals surface area contributed by atoms with Gasteiger partial charge in [-0.15, -0.1) is 0 Å². The van der Waals surface area contributed by atoms with Gasteiger partial charge < -0.3 is 25.5 Å². The smallest absolute Gasteiger partial charge is 0.270 e.